The zero-order chi connectivity index (χ0) is 20.3. The summed E-state index contributed by atoms with van der Waals surface area (Å²) < 4.78 is 4.98. The Bertz CT molecular complexity index is 799. The Kier molecular flexibility index (Phi) is 5.72. The fourth-order valence-corrected chi connectivity index (χ4v) is 2.74. The monoisotopic (exact) mass is 387 g/mol. The highest BCUT2D eigenvalue weighted by molar-refractivity contribution is 6.19. The molecule has 1 saturated carbocycles. The molecule has 9 nitrogen and oxygen atoms in total. The molecule has 148 valence electrons. The molecule has 1 aliphatic heterocycles. The number of ether oxygens (including phenoxy) is 1. The average molecular weight is 387 g/mol. The molecule has 1 aliphatic carbocycles. The number of esters is 1. The number of carbonyl (C=O) groups is 5. The van der Waals surface area contributed by atoms with Crippen molar-refractivity contribution >= 4 is 35.3 Å². The topological polar surface area (TPSA) is 113 Å². The number of rotatable bonds is 7. The lowest BCUT2D eigenvalue weighted by molar-refractivity contribution is -0.137. The van der Waals surface area contributed by atoms with Gasteiger partial charge < -0.3 is 15.0 Å². The summed E-state index contributed by atoms with van der Waals surface area (Å²) in [5.74, 6) is -2.01. The van der Waals surface area contributed by atoms with Crippen LogP contribution in [0.25, 0.3) is 0 Å². The first-order valence-electron chi connectivity index (χ1n) is 9.01. The van der Waals surface area contributed by atoms with E-state index in [1.165, 1.54) is 36.2 Å². The molecule has 4 amide bonds. The number of nitrogens with zero attached hydrogens (tertiary/aromatic N) is 2. The van der Waals surface area contributed by atoms with Crippen LogP contribution in [0.2, 0.25) is 0 Å². The first kappa shape index (κ1) is 19.5. The van der Waals surface area contributed by atoms with Crippen LogP contribution in [-0.4, -0.2) is 60.7 Å². The smallest absolute Gasteiger partial charge is 0.338 e. The molecule has 9 heteroatoms. The van der Waals surface area contributed by atoms with Gasteiger partial charge in [0.25, 0.3) is 5.91 Å². The summed E-state index contributed by atoms with van der Waals surface area (Å²) in [6.07, 6.45) is 2.27. The Morgan fingerprint density at radius 1 is 1.11 bits per heavy atom. The number of nitrogens with one attached hydrogen (secondary N) is 1. The Hall–Kier alpha value is -3.23. The van der Waals surface area contributed by atoms with Crippen molar-refractivity contribution in [2.45, 2.75) is 31.7 Å². The number of imide groups is 1. The van der Waals surface area contributed by atoms with E-state index < -0.39 is 18.5 Å². The molecule has 3 rings (SSSR count). The molecule has 0 radical (unpaired) electrons. The van der Waals surface area contributed by atoms with Gasteiger partial charge in [0, 0.05) is 25.9 Å². The van der Waals surface area contributed by atoms with Gasteiger partial charge in [0.2, 0.25) is 17.7 Å². The van der Waals surface area contributed by atoms with Crippen LogP contribution in [0.15, 0.2) is 24.3 Å². The molecule has 1 aromatic carbocycles. The van der Waals surface area contributed by atoms with E-state index in [1.807, 2.05) is 0 Å². The van der Waals surface area contributed by atoms with Gasteiger partial charge in [-0.1, -0.05) is 0 Å². The van der Waals surface area contributed by atoms with Crippen LogP contribution >= 0.6 is 0 Å². The standard InChI is InChI=1S/C19H21N3O6/c1-21(10-15(23)20-13-4-5-13)18(26)11-28-19(27)12-2-6-14(7-3-12)22-16(24)8-9-17(22)25/h2-3,6-7,13H,4-5,8-11H2,1H3,(H,20,23). The largest absolute Gasteiger partial charge is 0.452 e. The highest BCUT2D eigenvalue weighted by Gasteiger charge is 2.30. The quantitative estimate of drug-likeness (QED) is 0.529. The fraction of sp³-hybridized carbons (Fsp3) is 0.421. The van der Waals surface area contributed by atoms with E-state index in [0.29, 0.717) is 5.69 Å². The van der Waals surface area contributed by atoms with E-state index in [2.05, 4.69) is 5.32 Å². The molecule has 0 unspecified atom stereocenters. The van der Waals surface area contributed by atoms with Gasteiger partial charge in [-0.3, -0.25) is 24.1 Å². The number of amides is 4. The molecule has 0 atom stereocenters. The number of likely N-dealkylation sites (N-methyl/N-ethyl adjacent to an activating group) is 1. The van der Waals surface area contributed by atoms with Crippen molar-refractivity contribution in [3.05, 3.63) is 29.8 Å². The number of hydrogen-bond donors (Lipinski definition) is 1. The zero-order valence-electron chi connectivity index (χ0n) is 15.5. The van der Waals surface area contributed by atoms with E-state index in [-0.39, 0.29) is 48.7 Å². The summed E-state index contributed by atoms with van der Waals surface area (Å²) in [7, 11) is 1.46. The lowest BCUT2D eigenvalue weighted by atomic mass is 10.2. The lowest BCUT2D eigenvalue weighted by Gasteiger charge is -2.17. The van der Waals surface area contributed by atoms with Crippen molar-refractivity contribution in [3.63, 3.8) is 0 Å². The van der Waals surface area contributed by atoms with Crippen LogP contribution in [0.3, 0.4) is 0 Å². The zero-order valence-corrected chi connectivity index (χ0v) is 15.5. The summed E-state index contributed by atoms with van der Waals surface area (Å²) in [6.45, 7) is -0.587. The second-order valence-corrected chi connectivity index (χ2v) is 6.84. The Balaban J connectivity index is 1.48. The van der Waals surface area contributed by atoms with Crippen molar-refractivity contribution in [1.82, 2.24) is 10.2 Å². The van der Waals surface area contributed by atoms with Gasteiger partial charge >= 0.3 is 5.97 Å². The summed E-state index contributed by atoms with van der Waals surface area (Å²) in [5.41, 5.74) is 0.575. The van der Waals surface area contributed by atoms with Gasteiger partial charge in [-0.25, -0.2) is 4.79 Å². The maximum atomic E-state index is 12.1. The van der Waals surface area contributed by atoms with Crippen molar-refractivity contribution in [1.29, 1.82) is 0 Å². The van der Waals surface area contributed by atoms with Crippen LogP contribution < -0.4 is 10.2 Å². The van der Waals surface area contributed by atoms with Crippen molar-refractivity contribution in [3.8, 4) is 0 Å². The molecule has 1 saturated heterocycles. The van der Waals surface area contributed by atoms with E-state index in [1.54, 1.807) is 0 Å². The predicted octanol–water partition coefficient (Wildman–Crippen LogP) is 0.234. The lowest BCUT2D eigenvalue weighted by Crippen LogP contribution is -2.40. The minimum Gasteiger partial charge on any atom is -0.452 e. The molecule has 2 aliphatic rings. The molecule has 1 heterocycles. The minimum atomic E-state index is -0.713. The number of anilines is 1. The normalized spacial score (nSPS) is 16.1. The molecule has 28 heavy (non-hydrogen) atoms. The minimum absolute atomic E-state index is 0.0977. The molecular weight excluding hydrogens is 366 g/mol. The molecule has 2 fully saturated rings. The summed E-state index contributed by atoms with van der Waals surface area (Å²) in [5, 5.41) is 2.77. The molecule has 1 N–H and O–H groups in total. The fourth-order valence-electron chi connectivity index (χ4n) is 2.74. The van der Waals surface area contributed by atoms with Gasteiger partial charge in [-0.2, -0.15) is 0 Å². The van der Waals surface area contributed by atoms with Crippen LogP contribution in [0.1, 0.15) is 36.0 Å². The van der Waals surface area contributed by atoms with Gasteiger partial charge in [0.05, 0.1) is 17.8 Å². The molecule has 0 aromatic heterocycles. The summed E-state index contributed by atoms with van der Waals surface area (Å²) in [4.78, 5) is 61.5. The number of hydrogen-bond acceptors (Lipinski definition) is 6. The SMILES string of the molecule is CN(CC(=O)NC1CC1)C(=O)COC(=O)c1ccc(N2C(=O)CCC2=O)cc1. The van der Waals surface area contributed by atoms with Gasteiger partial charge in [-0.15, -0.1) is 0 Å². The Morgan fingerprint density at radius 2 is 1.71 bits per heavy atom. The average Bonchev–Trinajstić information content (AvgIpc) is 3.42. The maximum absolute atomic E-state index is 12.1. The second kappa shape index (κ2) is 8.20. The second-order valence-electron chi connectivity index (χ2n) is 6.84. The highest BCUT2D eigenvalue weighted by atomic mass is 16.5. The Morgan fingerprint density at radius 3 is 2.29 bits per heavy atom. The highest BCUT2D eigenvalue weighted by Crippen LogP contribution is 2.23. The summed E-state index contributed by atoms with van der Waals surface area (Å²) >= 11 is 0. The van der Waals surface area contributed by atoms with Crippen LogP contribution in [0, 0.1) is 0 Å². The third-order valence-corrected chi connectivity index (χ3v) is 4.49. The Labute approximate surface area is 161 Å². The van der Waals surface area contributed by atoms with E-state index in [4.69, 9.17) is 4.74 Å². The molecular formula is C19H21N3O6. The summed E-state index contributed by atoms with van der Waals surface area (Å²) in [6, 6.07) is 6.02. The maximum Gasteiger partial charge on any atom is 0.338 e. The van der Waals surface area contributed by atoms with E-state index in [0.717, 1.165) is 17.7 Å². The third kappa shape index (κ3) is 4.73. The first-order valence-corrected chi connectivity index (χ1v) is 9.01. The van der Waals surface area contributed by atoms with Crippen LogP contribution in [0.4, 0.5) is 5.69 Å². The molecule has 0 spiro atoms. The molecule has 1 aromatic rings. The van der Waals surface area contributed by atoms with Crippen LogP contribution in [0.5, 0.6) is 0 Å². The predicted molar refractivity (Wildman–Crippen MR) is 97.3 cm³/mol. The van der Waals surface area contributed by atoms with Crippen LogP contribution in [-0.2, 0) is 23.9 Å². The van der Waals surface area contributed by atoms with Crippen molar-refractivity contribution in [2.75, 3.05) is 25.1 Å². The van der Waals surface area contributed by atoms with Gasteiger partial charge in [0.1, 0.15) is 0 Å². The van der Waals surface area contributed by atoms with E-state index in [9.17, 15) is 24.0 Å². The first-order chi connectivity index (χ1) is 13.3. The number of carbonyl (C=O) groups excluding carboxylic acids is 5. The van der Waals surface area contributed by atoms with Gasteiger partial charge in [-0.05, 0) is 37.1 Å². The van der Waals surface area contributed by atoms with E-state index >= 15 is 0 Å². The van der Waals surface area contributed by atoms with Crippen molar-refractivity contribution in [2.24, 2.45) is 0 Å². The number of benzene rings is 1. The third-order valence-electron chi connectivity index (χ3n) is 4.49. The molecule has 0 bridgehead atoms. The van der Waals surface area contributed by atoms with Crippen molar-refractivity contribution < 1.29 is 28.7 Å². The van der Waals surface area contributed by atoms with Gasteiger partial charge in [0.15, 0.2) is 6.61 Å².